The van der Waals surface area contributed by atoms with Crippen molar-refractivity contribution in [2.75, 3.05) is 20.7 Å². The fourth-order valence-corrected chi connectivity index (χ4v) is 2.32. The van der Waals surface area contributed by atoms with Crippen LogP contribution in [0.15, 0.2) is 53.5 Å². The molecule has 4 nitrogen and oxygen atoms in total. The zero-order valence-electron chi connectivity index (χ0n) is 14.0. The smallest absolute Gasteiger partial charge is 0.250 e. The zero-order valence-corrected chi connectivity index (χ0v) is 15.6. The molecule has 2 rings (SSSR count). The molecule has 0 aliphatic heterocycles. The minimum absolute atomic E-state index is 0.0472. The highest BCUT2D eigenvalue weighted by Gasteiger charge is 2.06. The summed E-state index contributed by atoms with van der Waals surface area (Å²) in [6.07, 6.45) is 3.85. The second-order valence-electron chi connectivity index (χ2n) is 5.18. The molecule has 0 saturated carbocycles. The number of pyridine rings is 1. The van der Waals surface area contributed by atoms with Gasteiger partial charge in [-0.15, -0.1) is 0 Å². The Bertz CT molecular complexity index is 626. The van der Waals surface area contributed by atoms with Gasteiger partial charge in [-0.25, -0.2) is 0 Å². The molecule has 132 valence electrons. The van der Waals surface area contributed by atoms with Gasteiger partial charge < -0.3 is 14.6 Å². The lowest BCUT2D eigenvalue weighted by molar-refractivity contribution is 0.0844. The van der Waals surface area contributed by atoms with Crippen molar-refractivity contribution in [1.82, 2.24) is 9.88 Å². The minimum Gasteiger partial charge on any atom is -0.381 e. The summed E-state index contributed by atoms with van der Waals surface area (Å²) in [6.45, 7) is 1.64. The lowest BCUT2D eigenvalue weighted by Gasteiger charge is -2.15. The Hall–Kier alpha value is -1.33. The summed E-state index contributed by atoms with van der Waals surface area (Å²) in [7, 11) is 3.64. The maximum absolute atomic E-state index is 11.4. The largest absolute Gasteiger partial charge is 0.381 e. The molecule has 6 heteroatoms. The highest BCUT2D eigenvalue weighted by Crippen LogP contribution is 2.19. The third kappa shape index (κ3) is 7.97. The molecule has 0 saturated heterocycles. The Balaban J connectivity index is 0.000000300. The van der Waals surface area contributed by atoms with Crippen molar-refractivity contribution in [1.29, 1.82) is 0 Å². The highest BCUT2D eigenvalue weighted by molar-refractivity contribution is 6.41. The summed E-state index contributed by atoms with van der Waals surface area (Å²) in [5, 5.41) is 4.30. The van der Waals surface area contributed by atoms with Gasteiger partial charge in [-0.05, 0) is 44.6 Å². The number of nitrogens with one attached hydrogen (secondary N) is 1. The van der Waals surface area contributed by atoms with Gasteiger partial charge in [0.2, 0.25) is 5.56 Å². The maximum atomic E-state index is 11.4. The predicted molar refractivity (Wildman–Crippen MR) is 101 cm³/mol. The molecular formula is C18H24Cl2N2O2. The number of hydrogen-bond acceptors (Lipinski definition) is 3. The van der Waals surface area contributed by atoms with Gasteiger partial charge in [-0.2, -0.15) is 0 Å². The molecule has 0 bridgehead atoms. The van der Waals surface area contributed by atoms with E-state index in [1.54, 1.807) is 35.9 Å². The van der Waals surface area contributed by atoms with Crippen LogP contribution < -0.4 is 10.9 Å². The van der Waals surface area contributed by atoms with Crippen molar-refractivity contribution in [3.63, 3.8) is 0 Å². The molecule has 0 aliphatic rings. The fourth-order valence-electron chi connectivity index (χ4n) is 2.05. The van der Waals surface area contributed by atoms with Gasteiger partial charge >= 0.3 is 0 Å². The lowest BCUT2D eigenvalue weighted by Crippen LogP contribution is -2.24. The van der Waals surface area contributed by atoms with Gasteiger partial charge in [-0.1, -0.05) is 41.4 Å². The summed E-state index contributed by atoms with van der Waals surface area (Å²) in [6, 6.07) is 12.4. The van der Waals surface area contributed by atoms with E-state index in [-0.39, 0.29) is 11.7 Å². The van der Waals surface area contributed by atoms with Gasteiger partial charge in [0.25, 0.3) is 0 Å². The molecule has 0 aliphatic carbocycles. The summed E-state index contributed by atoms with van der Waals surface area (Å²) >= 11 is 11.2. The molecule has 24 heavy (non-hydrogen) atoms. The average Bonchev–Trinajstić information content (AvgIpc) is 2.60. The second-order valence-corrected chi connectivity index (χ2v) is 6.00. The number of hydrogen-bond donors (Lipinski definition) is 1. The van der Waals surface area contributed by atoms with Crippen LogP contribution >= 0.6 is 23.2 Å². The van der Waals surface area contributed by atoms with Crippen molar-refractivity contribution < 1.29 is 4.74 Å². The molecule has 2 aromatic rings. The van der Waals surface area contributed by atoms with Gasteiger partial charge in [0.15, 0.2) is 0 Å². The summed E-state index contributed by atoms with van der Waals surface area (Å²) < 4.78 is 7.07. The Labute approximate surface area is 153 Å². The van der Waals surface area contributed by atoms with Gasteiger partial charge in [0.1, 0.15) is 0 Å². The number of benzene rings is 1. The van der Waals surface area contributed by atoms with Gasteiger partial charge in [0.05, 0.1) is 16.1 Å². The second kappa shape index (κ2) is 12.1. The zero-order chi connectivity index (χ0) is 17.8. The standard InChI is InChI=1S/C12H20N2O2.C6H4Cl2/c1-13-8-6-11(16-2)7-10-14-9-4-3-5-12(14)15;7-5-3-1-2-4-6(5)8/h3-5,9,11,13H,6-8,10H2,1-2H3;1-4H. The Morgan fingerprint density at radius 2 is 1.71 bits per heavy atom. The first-order valence-corrected chi connectivity index (χ1v) is 8.57. The van der Waals surface area contributed by atoms with E-state index in [1.807, 2.05) is 31.4 Å². The molecule has 1 aromatic carbocycles. The fraction of sp³-hybridized carbons (Fsp3) is 0.389. The Morgan fingerprint density at radius 3 is 2.21 bits per heavy atom. The maximum Gasteiger partial charge on any atom is 0.250 e. The van der Waals surface area contributed by atoms with E-state index in [4.69, 9.17) is 27.9 Å². The normalized spacial score (nSPS) is 11.5. The molecule has 0 fully saturated rings. The molecule has 0 radical (unpaired) electrons. The van der Waals surface area contributed by atoms with Crippen molar-refractivity contribution >= 4 is 23.2 Å². The number of halogens is 2. The number of ether oxygens (including phenoxy) is 1. The van der Waals surface area contributed by atoms with Crippen LogP contribution in [0.3, 0.4) is 0 Å². The minimum atomic E-state index is 0.0472. The molecule has 1 atom stereocenters. The van der Waals surface area contributed by atoms with E-state index in [0.717, 1.165) is 19.4 Å². The van der Waals surface area contributed by atoms with Crippen molar-refractivity contribution in [3.8, 4) is 0 Å². The monoisotopic (exact) mass is 370 g/mol. The number of nitrogens with zero attached hydrogens (tertiary/aromatic N) is 1. The number of aromatic nitrogens is 1. The Morgan fingerprint density at radius 1 is 1.08 bits per heavy atom. The summed E-state index contributed by atoms with van der Waals surface area (Å²) in [4.78, 5) is 11.4. The van der Waals surface area contributed by atoms with E-state index in [2.05, 4.69) is 5.32 Å². The van der Waals surface area contributed by atoms with Crippen LogP contribution in [0.1, 0.15) is 12.8 Å². The lowest BCUT2D eigenvalue weighted by atomic mass is 10.2. The molecule has 1 heterocycles. The van der Waals surface area contributed by atoms with Crippen LogP contribution in [0.5, 0.6) is 0 Å². The van der Waals surface area contributed by atoms with Crippen molar-refractivity contribution in [2.24, 2.45) is 0 Å². The molecule has 0 spiro atoms. The van der Waals surface area contributed by atoms with E-state index in [9.17, 15) is 4.79 Å². The van der Waals surface area contributed by atoms with Crippen LogP contribution in [0.4, 0.5) is 0 Å². The summed E-state index contributed by atoms with van der Waals surface area (Å²) in [5.74, 6) is 0. The molecule has 0 amide bonds. The number of rotatable bonds is 7. The average molecular weight is 371 g/mol. The SMILES string of the molecule is CNCCC(CCn1ccccc1=O)OC.Clc1ccccc1Cl. The number of aryl methyl sites for hydroxylation is 1. The predicted octanol–water partition coefficient (Wildman–Crippen LogP) is 3.86. The number of methoxy groups -OCH3 is 1. The molecule has 1 unspecified atom stereocenters. The highest BCUT2D eigenvalue weighted by atomic mass is 35.5. The quantitative estimate of drug-likeness (QED) is 0.804. The van der Waals surface area contributed by atoms with E-state index < -0.39 is 0 Å². The van der Waals surface area contributed by atoms with E-state index in [1.165, 1.54) is 0 Å². The third-order valence-corrected chi connectivity index (χ3v) is 4.22. The van der Waals surface area contributed by atoms with Crippen LogP contribution in [0, 0.1) is 0 Å². The first-order valence-electron chi connectivity index (χ1n) is 7.81. The third-order valence-electron chi connectivity index (χ3n) is 3.46. The van der Waals surface area contributed by atoms with Crippen molar-refractivity contribution in [2.45, 2.75) is 25.5 Å². The van der Waals surface area contributed by atoms with Gasteiger partial charge in [-0.3, -0.25) is 4.79 Å². The van der Waals surface area contributed by atoms with E-state index in [0.29, 0.717) is 16.6 Å². The van der Waals surface area contributed by atoms with Crippen LogP contribution in [0.2, 0.25) is 10.0 Å². The molecular weight excluding hydrogens is 347 g/mol. The van der Waals surface area contributed by atoms with E-state index >= 15 is 0 Å². The van der Waals surface area contributed by atoms with Crippen LogP contribution in [-0.2, 0) is 11.3 Å². The summed E-state index contributed by atoms with van der Waals surface area (Å²) in [5.41, 5.74) is 0.0472. The van der Waals surface area contributed by atoms with Crippen LogP contribution in [0.25, 0.3) is 0 Å². The Kier molecular flexibility index (Phi) is 10.4. The van der Waals surface area contributed by atoms with Crippen molar-refractivity contribution in [3.05, 3.63) is 69.1 Å². The van der Waals surface area contributed by atoms with Crippen LogP contribution in [-0.4, -0.2) is 31.4 Å². The van der Waals surface area contributed by atoms with Gasteiger partial charge in [0, 0.05) is 25.9 Å². The topological polar surface area (TPSA) is 43.3 Å². The first-order chi connectivity index (χ1) is 11.6. The molecule has 1 aromatic heterocycles. The molecule has 1 N–H and O–H groups in total. The first kappa shape index (κ1) is 20.7.